The molecule has 0 amide bonds. The quantitative estimate of drug-likeness (QED) is 0.681. The molecule has 0 spiro atoms. The zero-order chi connectivity index (χ0) is 8.97. The Labute approximate surface area is 83.0 Å². The number of carbonyl (C=O) groups is 1. The molecule has 1 fully saturated rings. The minimum absolute atomic E-state index is 0.393. The van der Waals surface area contributed by atoms with Crippen LogP contribution in [-0.2, 0) is 4.79 Å². The molecule has 0 aromatic heterocycles. The molecule has 0 aromatic rings. The Morgan fingerprint density at radius 3 is 2.83 bits per heavy atom. The number of Topliss-reactive ketones (excluding diaryl/α,β-unsaturated/α-hetero) is 1. The topological polar surface area (TPSA) is 17.1 Å². The van der Waals surface area contributed by atoms with Crippen molar-refractivity contribution in [3.8, 4) is 0 Å². The van der Waals surface area contributed by atoms with Crippen molar-refractivity contribution >= 4 is 21.7 Å². The van der Waals surface area contributed by atoms with E-state index in [9.17, 15) is 4.79 Å². The molecular formula is C10H17BrO. The first-order chi connectivity index (χ1) is 5.75. The van der Waals surface area contributed by atoms with Crippen LogP contribution in [0.25, 0.3) is 0 Å². The third kappa shape index (κ3) is 2.58. The Morgan fingerprint density at radius 1 is 1.50 bits per heavy atom. The molecule has 12 heavy (non-hydrogen) atoms. The second kappa shape index (κ2) is 5.00. The SMILES string of the molecule is CC(=O)C1CCCC1CCCBr. The molecule has 2 heteroatoms. The van der Waals surface area contributed by atoms with Crippen molar-refractivity contribution in [1.82, 2.24) is 0 Å². The van der Waals surface area contributed by atoms with Crippen molar-refractivity contribution in [2.45, 2.75) is 39.0 Å². The van der Waals surface area contributed by atoms with E-state index < -0.39 is 0 Å². The molecule has 0 bridgehead atoms. The fourth-order valence-corrected chi connectivity index (χ4v) is 2.58. The van der Waals surface area contributed by atoms with E-state index in [-0.39, 0.29) is 0 Å². The number of ketones is 1. The maximum absolute atomic E-state index is 11.2. The maximum atomic E-state index is 11.2. The summed E-state index contributed by atoms with van der Waals surface area (Å²) >= 11 is 3.43. The molecule has 2 atom stereocenters. The first-order valence-corrected chi connectivity index (χ1v) is 5.94. The third-order valence-electron chi connectivity index (χ3n) is 2.89. The van der Waals surface area contributed by atoms with Crippen LogP contribution >= 0.6 is 15.9 Å². The first-order valence-electron chi connectivity index (χ1n) is 4.82. The summed E-state index contributed by atoms with van der Waals surface area (Å²) in [5.41, 5.74) is 0. The zero-order valence-corrected chi connectivity index (χ0v) is 9.27. The summed E-state index contributed by atoms with van der Waals surface area (Å²) in [6.07, 6.45) is 6.13. The van der Waals surface area contributed by atoms with Gasteiger partial charge in [-0.2, -0.15) is 0 Å². The van der Waals surface area contributed by atoms with E-state index in [0.717, 1.165) is 11.8 Å². The largest absolute Gasteiger partial charge is 0.300 e. The second-order valence-corrected chi connectivity index (χ2v) is 4.53. The molecule has 0 saturated heterocycles. The van der Waals surface area contributed by atoms with Gasteiger partial charge in [-0.1, -0.05) is 22.4 Å². The summed E-state index contributed by atoms with van der Waals surface area (Å²) < 4.78 is 0. The van der Waals surface area contributed by atoms with Gasteiger partial charge in [0.05, 0.1) is 0 Å². The maximum Gasteiger partial charge on any atom is 0.133 e. The molecule has 0 N–H and O–H groups in total. The average Bonchev–Trinajstić information content (AvgIpc) is 2.48. The number of halogens is 1. The predicted molar refractivity (Wildman–Crippen MR) is 54.5 cm³/mol. The van der Waals surface area contributed by atoms with Crippen molar-refractivity contribution in [1.29, 1.82) is 0 Å². The standard InChI is InChI=1S/C10H17BrO/c1-8(12)10-6-2-4-9(10)5-3-7-11/h9-10H,2-7H2,1H3. The molecule has 1 aliphatic rings. The van der Waals surface area contributed by atoms with Crippen molar-refractivity contribution in [2.24, 2.45) is 11.8 Å². The monoisotopic (exact) mass is 232 g/mol. The molecule has 0 radical (unpaired) electrons. The number of hydrogen-bond donors (Lipinski definition) is 0. The summed E-state index contributed by atoms with van der Waals surface area (Å²) in [5, 5.41) is 1.08. The zero-order valence-electron chi connectivity index (χ0n) is 7.68. The Morgan fingerprint density at radius 2 is 2.25 bits per heavy atom. The Hall–Kier alpha value is 0.150. The van der Waals surface area contributed by atoms with Crippen LogP contribution in [0.3, 0.4) is 0 Å². The Balaban J connectivity index is 2.35. The summed E-state index contributed by atoms with van der Waals surface area (Å²) in [5.74, 6) is 1.50. The van der Waals surface area contributed by atoms with Crippen molar-refractivity contribution in [3.63, 3.8) is 0 Å². The molecular weight excluding hydrogens is 216 g/mol. The van der Waals surface area contributed by atoms with Crippen LogP contribution in [-0.4, -0.2) is 11.1 Å². The van der Waals surface area contributed by atoms with Crippen LogP contribution < -0.4 is 0 Å². The molecule has 0 heterocycles. The van der Waals surface area contributed by atoms with E-state index >= 15 is 0 Å². The van der Waals surface area contributed by atoms with Crippen LogP contribution in [0.4, 0.5) is 0 Å². The van der Waals surface area contributed by atoms with Gasteiger partial charge in [-0.3, -0.25) is 4.79 Å². The highest BCUT2D eigenvalue weighted by molar-refractivity contribution is 9.09. The molecule has 1 rings (SSSR count). The van der Waals surface area contributed by atoms with Crippen molar-refractivity contribution < 1.29 is 4.79 Å². The van der Waals surface area contributed by atoms with Crippen LogP contribution in [0.15, 0.2) is 0 Å². The Kier molecular flexibility index (Phi) is 4.27. The number of carbonyl (C=O) groups excluding carboxylic acids is 1. The van der Waals surface area contributed by atoms with Crippen molar-refractivity contribution in [3.05, 3.63) is 0 Å². The molecule has 0 aromatic carbocycles. The van der Waals surface area contributed by atoms with Crippen LogP contribution in [0.5, 0.6) is 0 Å². The van der Waals surface area contributed by atoms with Crippen LogP contribution in [0, 0.1) is 11.8 Å². The minimum Gasteiger partial charge on any atom is -0.300 e. The lowest BCUT2D eigenvalue weighted by molar-refractivity contribution is -0.121. The van der Waals surface area contributed by atoms with Crippen LogP contribution in [0.2, 0.25) is 0 Å². The van der Waals surface area contributed by atoms with E-state index in [1.165, 1.54) is 25.7 Å². The second-order valence-electron chi connectivity index (χ2n) is 3.74. The molecule has 1 saturated carbocycles. The summed E-state index contributed by atoms with van der Waals surface area (Å²) in [6, 6.07) is 0. The number of hydrogen-bond acceptors (Lipinski definition) is 1. The van der Waals surface area contributed by atoms with E-state index in [0.29, 0.717) is 17.6 Å². The first kappa shape index (κ1) is 10.2. The number of alkyl halides is 1. The summed E-state index contributed by atoms with van der Waals surface area (Å²) in [7, 11) is 0. The number of rotatable bonds is 4. The average molecular weight is 233 g/mol. The fourth-order valence-electron chi connectivity index (χ4n) is 2.26. The molecule has 70 valence electrons. The van der Waals surface area contributed by atoms with Crippen LogP contribution in [0.1, 0.15) is 39.0 Å². The normalized spacial score (nSPS) is 29.2. The van der Waals surface area contributed by atoms with Gasteiger partial charge >= 0.3 is 0 Å². The lowest BCUT2D eigenvalue weighted by Gasteiger charge is -2.15. The van der Waals surface area contributed by atoms with Crippen molar-refractivity contribution in [2.75, 3.05) is 5.33 Å². The third-order valence-corrected chi connectivity index (χ3v) is 3.45. The smallest absolute Gasteiger partial charge is 0.133 e. The van der Waals surface area contributed by atoms with Gasteiger partial charge in [-0.15, -0.1) is 0 Å². The summed E-state index contributed by atoms with van der Waals surface area (Å²) in [6.45, 7) is 1.75. The highest BCUT2D eigenvalue weighted by Gasteiger charge is 2.29. The van der Waals surface area contributed by atoms with Gasteiger partial charge in [0.15, 0.2) is 0 Å². The molecule has 2 unspecified atom stereocenters. The minimum atomic E-state index is 0.393. The molecule has 1 nitrogen and oxygen atoms in total. The highest BCUT2D eigenvalue weighted by Crippen LogP contribution is 2.35. The van der Waals surface area contributed by atoms with Gasteiger partial charge in [0, 0.05) is 11.2 Å². The Bertz CT molecular complexity index is 156. The predicted octanol–water partition coefficient (Wildman–Crippen LogP) is 3.17. The summed E-state index contributed by atoms with van der Waals surface area (Å²) in [4.78, 5) is 11.2. The van der Waals surface area contributed by atoms with Gasteiger partial charge in [-0.05, 0) is 38.5 Å². The fraction of sp³-hybridized carbons (Fsp3) is 0.900. The lowest BCUT2D eigenvalue weighted by Crippen LogP contribution is -2.15. The highest BCUT2D eigenvalue weighted by atomic mass is 79.9. The van der Waals surface area contributed by atoms with E-state index in [2.05, 4.69) is 15.9 Å². The van der Waals surface area contributed by atoms with E-state index in [1.54, 1.807) is 6.92 Å². The van der Waals surface area contributed by atoms with E-state index in [1.807, 2.05) is 0 Å². The van der Waals surface area contributed by atoms with Gasteiger partial charge in [0.1, 0.15) is 5.78 Å². The molecule has 0 aliphatic heterocycles. The van der Waals surface area contributed by atoms with Gasteiger partial charge in [-0.25, -0.2) is 0 Å². The molecule has 1 aliphatic carbocycles. The van der Waals surface area contributed by atoms with Gasteiger partial charge in [0.2, 0.25) is 0 Å². The van der Waals surface area contributed by atoms with Gasteiger partial charge < -0.3 is 0 Å². The lowest BCUT2D eigenvalue weighted by atomic mass is 9.89. The van der Waals surface area contributed by atoms with E-state index in [4.69, 9.17) is 0 Å². The van der Waals surface area contributed by atoms with Gasteiger partial charge in [0.25, 0.3) is 0 Å².